The summed E-state index contributed by atoms with van der Waals surface area (Å²) in [5, 5.41) is 28.6. The molecule has 8 saturated carbocycles. The molecule has 8 aliphatic carbocycles. The van der Waals surface area contributed by atoms with Crippen LogP contribution in [-0.2, 0) is 29.1 Å². The molecule has 0 unspecified atom stereocenters. The summed E-state index contributed by atoms with van der Waals surface area (Å²) in [6.45, 7) is 10.8. The van der Waals surface area contributed by atoms with Gasteiger partial charge in [0.2, 0.25) is 11.8 Å². The van der Waals surface area contributed by atoms with Crippen molar-refractivity contribution in [2.75, 3.05) is 6.54 Å². The molecule has 6 bridgehead atoms. The number of hydrogen-bond acceptors (Lipinski definition) is 8. The van der Waals surface area contributed by atoms with Crippen LogP contribution in [0.5, 0.6) is 0 Å². The lowest BCUT2D eigenvalue weighted by Crippen LogP contribution is -2.58. The summed E-state index contributed by atoms with van der Waals surface area (Å²) in [5.41, 5.74) is -1.28. The van der Waals surface area contributed by atoms with E-state index in [4.69, 9.17) is 19.6 Å². The second kappa shape index (κ2) is 15.0. The van der Waals surface area contributed by atoms with Crippen molar-refractivity contribution < 1.29 is 39.4 Å². The fourth-order valence-electron chi connectivity index (χ4n) is 12.1. The van der Waals surface area contributed by atoms with E-state index in [0.717, 1.165) is 30.6 Å². The van der Waals surface area contributed by atoms with Gasteiger partial charge in [-0.2, -0.15) is 0 Å². The molecule has 8 rings (SSSR count). The Labute approximate surface area is 312 Å². The van der Waals surface area contributed by atoms with Gasteiger partial charge in [0, 0.05) is 45.1 Å². The zero-order valence-electron chi connectivity index (χ0n) is 32.9. The summed E-state index contributed by atoms with van der Waals surface area (Å²) in [5.74, 6) is 2.04. The lowest BCUT2D eigenvalue weighted by atomic mass is 9.50. The van der Waals surface area contributed by atoms with Gasteiger partial charge in [-0.25, -0.2) is 19.6 Å². The molecule has 8 aliphatic rings. The molecule has 0 aromatic heterocycles. The van der Waals surface area contributed by atoms with E-state index in [9.17, 15) is 19.8 Å². The first-order valence-electron chi connectivity index (χ1n) is 21.3. The smallest absolute Gasteiger partial charge is 0.220 e. The molecule has 4 atom stereocenters. The molecule has 0 heterocycles. The highest BCUT2D eigenvalue weighted by Gasteiger charge is 2.57. The van der Waals surface area contributed by atoms with Crippen molar-refractivity contribution in [3.05, 3.63) is 0 Å². The molecule has 0 aliphatic heterocycles. The van der Waals surface area contributed by atoms with Crippen LogP contribution in [0, 0.1) is 53.3 Å². The number of fused-ring (bicyclic) bond motifs is 2. The third kappa shape index (κ3) is 8.57. The minimum absolute atomic E-state index is 0.0374. The van der Waals surface area contributed by atoms with E-state index in [1.807, 2.05) is 13.8 Å². The standard InChI is InChI=1S/C42H70N2O8/c1-27-17-30-7-6-8-33(19-30)39(27,4)49-51-41(47)15-11-29(12-16-41)25-37(46)44-38(2,3)26-43-36(45)24-28-9-13-42(48,14-10-28)52-50-40(5)34-20-31-18-32(22-34)23-35(40)21-31/h27-35,47-48H,6-26H2,1-5H3,(H,43,45)(H,44,46)/t27-,28?,29?,30+,31?,32?,33+,34?,35?,39+,40?,41?,42?/m1/s1. The Hall–Kier alpha value is -1.30. The molecule has 0 radical (unpaired) electrons. The van der Waals surface area contributed by atoms with Crippen LogP contribution >= 0.6 is 0 Å². The van der Waals surface area contributed by atoms with Gasteiger partial charge in [0.1, 0.15) is 11.2 Å². The van der Waals surface area contributed by atoms with Crippen molar-refractivity contribution in [2.45, 2.75) is 191 Å². The average Bonchev–Trinajstić information content (AvgIpc) is 3.09. The number of hydrogen-bond donors (Lipinski definition) is 4. The molecule has 0 saturated heterocycles. The highest BCUT2D eigenvalue weighted by Crippen LogP contribution is 2.60. The van der Waals surface area contributed by atoms with Crippen molar-refractivity contribution in [3.8, 4) is 0 Å². The van der Waals surface area contributed by atoms with E-state index in [1.165, 1.54) is 51.4 Å². The summed E-state index contributed by atoms with van der Waals surface area (Å²) in [4.78, 5) is 50.2. The van der Waals surface area contributed by atoms with E-state index in [-0.39, 0.29) is 34.9 Å². The molecule has 8 fully saturated rings. The quantitative estimate of drug-likeness (QED) is 0.0885. The van der Waals surface area contributed by atoms with Gasteiger partial charge in [-0.15, -0.1) is 0 Å². The Bertz CT molecular complexity index is 1240. The van der Waals surface area contributed by atoms with Gasteiger partial charge in [0.25, 0.3) is 0 Å². The monoisotopic (exact) mass is 731 g/mol. The summed E-state index contributed by atoms with van der Waals surface area (Å²) in [6, 6.07) is 0. The Morgan fingerprint density at radius 3 is 1.69 bits per heavy atom. The molecular formula is C42H70N2O8. The van der Waals surface area contributed by atoms with E-state index < -0.39 is 17.1 Å². The molecule has 0 spiro atoms. The molecule has 52 heavy (non-hydrogen) atoms. The van der Waals surface area contributed by atoms with Crippen molar-refractivity contribution in [1.29, 1.82) is 0 Å². The first-order valence-corrected chi connectivity index (χ1v) is 21.3. The Kier molecular flexibility index (Phi) is 11.2. The van der Waals surface area contributed by atoms with E-state index in [0.29, 0.717) is 94.4 Å². The number of carbonyl (C=O) groups is 2. The summed E-state index contributed by atoms with van der Waals surface area (Å²) >= 11 is 0. The molecule has 10 nitrogen and oxygen atoms in total. The SMILES string of the molecule is C[C@@H]1C[C@@H]2CCC[C@@H](C2)[C@@]1(C)OOC1(O)CCC(CC(=O)NC(C)(C)CNC(=O)CC2CCC(O)(OOC3(C)C4CC5CC(C4)CC3C5)CC2)CC1. The second-order valence-corrected chi connectivity index (χ2v) is 20.3. The topological polar surface area (TPSA) is 136 Å². The minimum Gasteiger partial charge on any atom is -0.363 e. The van der Waals surface area contributed by atoms with Gasteiger partial charge in [0.15, 0.2) is 11.6 Å². The van der Waals surface area contributed by atoms with Crippen molar-refractivity contribution in [3.63, 3.8) is 0 Å². The summed E-state index contributed by atoms with van der Waals surface area (Å²) in [7, 11) is 0. The number of rotatable bonds is 13. The fraction of sp³-hybridized carbons (Fsp3) is 0.952. The van der Waals surface area contributed by atoms with E-state index >= 15 is 0 Å². The van der Waals surface area contributed by atoms with Crippen LogP contribution in [0.2, 0.25) is 0 Å². The summed E-state index contributed by atoms with van der Waals surface area (Å²) in [6.07, 6.45) is 17.7. The lowest BCUT2D eigenvalue weighted by Gasteiger charge is -2.59. The van der Waals surface area contributed by atoms with Gasteiger partial charge >= 0.3 is 0 Å². The average molecular weight is 731 g/mol. The maximum absolute atomic E-state index is 13.1. The fourth-order valence-corrected chi connectivity index (χ4v) is 12.1. The van der Waals surface area contributed by atoms with Gasteiger partial charge in [-0.05, 0) is 158 Å². The van der Waals surface area contributed by atoms with Crippen LogP contribution in [0.25, 0.3) is 0 Å². The Morgan fingerprint density at radius 1 is 0.635 bits per heavy atom. The lowest BCUT2D eigenvalue weighted by molar-refractivity contribution is -0.484. The van der Waals surface area contributed by atoms with Crippen LogP contribution in [0.1, 0.15) is 163 Å². The van der Waals surface area contributed by atoms with Crippen molar-refractivity contribution in [1.82, 2.24) is 10.6 Å². The Morgan fingerprint density at radius 2 is 1.13 bits per heavy atom. The number of carbonyl (C=O) groups excluding carboxylic acids is 2. The molecule has 0 aromatic carbocycles. The van der Waals surface area contributed by atoms with E-state index in [2.05, 4.69) is 31.4 Å². The van der Waals surface area contributed by atoms with E-state index in [1.54, 1.807) is 0 Å². The molecule has 0 aromatic rings. The predicted molar refractivity (Wildman–Crippen MR) is 196 cm³/mol. The largest absolute Gasteiger partial charge is 0.363 e. The first kappa shape index (κ1) is 39.0. The molecule has 4 N–H and O–H groups in total. The van der Waals surface area contributed by atoms with Crippen LogP contribution in [0.3, 0.4) is 0 Å². The molecule has 2 amide bonds. The summed E-state index contributed by atoms with van der Waals surface area (Å²) < 4.78 is 0. The van der Waals surface area contributed by atoms with Gasteiger partial charge < -0.3 is 20.8 Å². The zero-order chi connectivity index (χ0) is 36.9. The highest BCUT2D eigenvalue weighted by atomic mass is 17.2. The normalized spacial score (nSPS) is 45.8. The van der Waals surface area contributed by atoms with Crippen molar-refractivity contribution in [2.24, 2.45) is 53.3 Å². The molecule has 10 heteroatoms. The van der Waals surface area contributed by atoms with Gasteiger partial charge in [0.05, 0.1) is 5.54 Å². The minimum atomic E-state index is -1.31. The predicted octanol–water partition coefficient (Wildman–Crippen LogP) is 7.25. The zero-order valence-corrected chi connectivity index (χ0v) is 32.9. The number of aliphatic hydroxyl groups is 2. The van der Waals surface area contributed by atoms with Gasteiger partial charge in [-0.1, -0.05) is 19.8 Å². The second-order valence-electron chi connectivity index (χ2n) is 20.3. The first-order chi connectivity index (χ1) is 24.5. The third-order valence-corrected chi connectivity index (χ3v) is 15.7. The highest BCUT2D eigenvalue weighted by molar-refractivity contribution is 5.78. The number of amides is 2. The number of nitrogens with one attached hydrogen (secondary N) is 2. The third-order valence-electron chi connectivity index (χ3n) is 15.7. The molecule has 296 valence electrons. The Balaban J connectivity index is 0.774. The van der Waals surface area contributed by atoms with Crippen LogP contribution < -0.4 is 10.6 Å². The van der Waals surface area contributed by atoms with Crippen molar-refractivity contribution >= 4 is 11.8 Å². The molecular weight excluding hydrogens is 660 g/mol. The van der Waals surface area contributed by atoms with Crippen LogP contribution in [0.15, 0.2) is 0 Å². The van der Waals surface area contributed by atoms with Gasteiger partial charge in [-0.3, -0.25) is 9.59 Å². The van der Waals surface area contributed by atoms with Crippen LogP contribution in [-0.4, -0.2) is 56.9 Å². The maximum Gasteiger partial charge on any atom is 0.220 e. The maximum atomic E-state index is 13.1. The van der Waals surface area contributed by atoms with Crippen LogP contribution in [0.4, 0.5) is 0 Å².